The van der Waals surface area contributed by atoms with Crippen LogP contribution in [-0.2, 0) is 18.4 Å². The van der Waals surface area contributed by atoms with E-state index in [1.165, 1.54) is 0 Å². The predicted molar refractivity (Wildman–Crippen MR) is 88.3 cm³/mol. The minimum Gasteiger partial charge on any atom is -0.352 e. The number of amides is 1. The van der Waals surface area contributed by atoms with Gasteiger partial charge >= 0.3 is 0 Å². The van der Waals surface area contributed by atoms with Gasteiger partial charge in [0.1, 0.15) is 0 Å². The van der Waals surface area contributed by atoms with Crippen molar-refractivity contribution in [3.05, 3.63) is 52.3 Å². The van der Waals surface area contributed by atoms with Gasteiger partial charge in [0.25, 0.3) is 0 Å². The molecule has 5 nitrogen and oxygen atoms in total. The molecule has 2 aromatic rings. The van der Waals surface area contributed by atoms with Gasteiger partial charge in [0.05, 0.1) is 12.1 Å². The van der Waals surface area contributed by atoms with E-state index in [0.29, 0.717) is 13.1 Å². The Balaban J connectivity index is 1.62. The first-order valence-electron chi connectivity index (χ1n) is 7.35. The lowest BCUT2D eigenvalue weighted by atomic mass is 9.90. The highest BCUT2D eigenvalue weighted by Crippen LogP contribution is 2.27. The first-order chi connectivity index (χ1) is 10.6. The van der Waals surface area contributed by atoms with E-state index in [-0.39, 0.29) is 17.7 Å². The molecule has 0 radical (unpaired) electrons. The van der Waals surface area contributed by atoms with Crippen LogP contribution in [0.15, 0.2) is 41.1 Å². The van der Waals surface area contributed by atoms with Crippen LogP contribution in [0.25, 0.3) is 0 Å². The zero-order valence-electron chi connectivity index (χ0n) is 12.4. The van der Waals surface area contributed by atoms with Gasteiger partial charge in [-0.3, -0.25) is 9.48 Å². The molecule has 1 saturated heterocycles. The summed E-state index contributed by atoms with van der Waals surface area (Å²) in [5, 5.41) is 10.6. The van der Waals surface area contributed by atoms with Crippen molar-refractivity contribution in [2.24, 2.45) is 13.0 Å². The van der Waals surface area contributed by atoms with Crippen LogP contribution in [-0.4, -0.2) is 28.8 Å². The molecule has 2 N–H and O–H groups in total. The highest BCUT2D eigenvalue weighted by Gasteiger charge is 2.34. The van der Waals surface area contributed by atoms with Crippen LogP contribution in [0.3, 0.4) is 0 Å². The summed E-state index contributed by atoms with van der Waals surface area (Å²) < 4.78 is 2.82. The van der Waals surface area contributed by atoms with Crippen LogP contribution in [0, 0.1) is 5.92 Å². The Labute approximate surface area is 138 Å². The summed E-state index contributed by atoms with van der Waals surface area (Å²) >= 11 is 3.41. The third kappa shape index (κ3) is 3.39. The molecule has 1 fully saturated rings. The van der Waals surface area contributed by atoms with Crippen molar-refractivity contribution in [3.8, 4) is 0 Å². The molecular weight excluding hydrogens is 344 g/mol. The van der Waals surface area contributed by atoms with E-state index in [1.807, 2.05) is 43.7 Å². The number of hydrogen-bond acceptors (Lipinski definition) is 3. The fourth-order valence-corrected chi connectivity index (χ4v) is 3.12. The average molecular weight is 363 g/mol. The number of aryl methyl sites for hydroxylation is 1. The lowest BCUT2D eigenvalue weighted by Crippen LogP contribution is -2.33. The lowest BCUT2D eigenvalue weighted by molar-refractivity contribution is -0.125. The molecule has 0 aliphatic carbocycles. The zero-order valence-corrected chi connectivity index (χ0v) is 14.0. The van der Waals surface area contributed by atoms with Gasteiger partial charge < -0.3 is 10.6 Å². The van der Waals surface area contributed by atoms with Crippen molar-refractivity contribution in [3.63, 3.8) is 0 Å². The van der Waals surface area contributed by atoms with Gasteiger partial charge in [0.2, 0.25) is 5.91 Å². The highest BCUT2D eigenvalue weighted by atomic mass is 79.9. The van der Waals surface area contributed by atoms with Gasteiger partial charge in [-0.2, -0.15) is 5.10 Å². The Morgan fingerprint density at radius 1 is 1.41 bits per heavy atom. The quantitative estimate of drug-likeness (QED) is 0.871. The van der Waals surface area contributed by atoms with Gasteiger partial charge in [-0.05, 0) is 23.3 Å². The van der Waals surface area contributed by atoms with Crippen LogP contribution >= 0.6 is 15.9 Å². The van der Waals surface area contributed by atoms with E-state index < -0.39 is 0 Å². The van der Waals surface area contributed by atoms with Crippen LogP contribution < -0.4 is 10.6 Å². The molecule has 1 aromatic heterocycles. The van der Waals surface area contributed by atoms with Gasteiger partial charge in [-0.15, -0.1) is 0 Å². The number of halogens is 1. The van der Waals surface area contributed by atoms with Gasteiger partial charge in [-0.1, -0.05) is 28.1 Å². The standard InChI is InChI=1S/C16H19BrN4O/c1-21-10-12(7-20-21)14-8-18-9-15(14)16(22)19-6-11-2-4-13(17)5-3-11/h2-5,7,10,14-15,18H,6,8-9H2,1H3,(H,19,22)/t14-,15+/m1/s1. The Kier molecular flexibility index (Phi) is 4.59. The summed E-state index contributed by atoms with van der Waals surface area (Å²) in [6.45, 7) is 2.09. The van der Waals surface area contributed by atoms with E-state index in [9.17, 15) is 4.79 Å². The molecule has 1 amide bonds. The minimum absolute atomic E-state index is 0.0420. The monoisotopic (exact) mass is 362 g/mol. The largest absolute Gasteiger partial charge is 0.352 e. The Hall–Kier alpha value is -1.66. The summed E-state index contributed by atoms with van der Waals surface area (Å²) in [7, 11) is 1.90. The number of nitrogens with zero attached hydrogens (tertiary/aromatic N) is 2. The fourth-order valence-electron chi connectivity index (χ4n) is 2.86. The maximum atomic E-state index is 12.5. The molecule has 2 heterocycles. The van der Waals surface area contributed by atoms with Crippen LogP contribution in [0.5, 0.6) is 0 Å². The molecule has 3 rings (SSSR count). The van der Waals surface area contributed by atoms with E-state index in [1.54, 1.807) is 4.68 Å². The fraction of sp³-hybridized carbons (Fsp3) is 0.375. The van der Waals surface area contributed by atoms with E-state index >= 15 is 0 Å². The normalized spacial score (nSPS) is 21.0. The molecule has 0 bridgehead atoms. The summed E-state index contributed by atoms with van der Waals surface area (Å²) in [6.07, 6.45) is 3.85. The molecule has 1 aliphatic heterocycles. The number of hydrogen-bond donors (Lipinski definition) is 2. The highest BCUT2D eigenvalue weighted by molar-refractivity contribution is 9.10. The van der Waals surface area contributed by atoms with Gasteiger partial charge in [0, 0.05) is 43.3 Å². The molecule has 6 heteroatoms. The second kappa shape index (κ2) is 6.62. The van der Waals surface area contributed by atoms with Crippen LogP contribution in [0.2, 0.25) is 0 Å². The summed E-state index contributed by atoms with van der Waals surface area (Å²) in [5.74, 6) is 0.250. The third-order valence-electron chi connectivity index (χ3n) is 4.08. The Morgan fingerprint density at radius 3 is 2.86 bits per heavy atom. The SMILES string of the molecule is Cn1cc([C@H]2CNC[C@@H]2C(=O)NCc2ccc(Br)cc2)cn1. The molecule has 1 aliphatic rings. The van der Waals surface area contributed by atoms with Gasteiger partial charge in [0.15, 0.2) is 0 Å². The molecule has 0 spiro atoms. The first kappa shape index (κ1) is 15.2. The molecule has 0 saturated carbocycles. The third-order valence-corrected chi connectivity index (χ3v) is 4.61. The smallest absolute Gasteiger partial charge is 0.225 e. The van der Waals surface area contributed by atoms with Crippen molar-refractivity contribution in [1.29, 1.82) is 0 Å². The van der Waals surface area contributed by atoms with E-state index in [0.717, 1.165) is 22.1 Å². The molecule has 2 atom stereocenters. The second-order valence-corrected chi connectivity index (χ2v) is 6.58. The zero-order chi connectivity index (χ0) is 15.5. The van der Waals surface area contributed by atoms with Crippen LogP contribution in [0.1, 0.15) is 17.0 Å². The first-order valence-corrected chi connectivity index (χ1v) is 8.14. The number of carbonyl (C=O) groups excluding carboxylic acids is 1. The molecule has 0 unspecified atom stereocenters. The van der Waals surface area contributed by atoms with Crippen molar-refractivity contribution < 1.29 is 4.79 Å². The number of aromatic nitrogens is 2. The van der Waals surface area contributed by atoms with Gasteiger partial charge in [-0.25, -0.2) is 0 Å². The number of nitrogens with one attached hydrogen (secondary N) is 2. The van der Waals surface area contributed by atoms with Crippen molar-refractivity contribution in [2.75, 3.05) is 13.1 Å². The summed E-state index contributed by atoms with van der Waals surface area (Å²) in [5.41, 5.74) is 2.22. The number of benzene rings is 1. The molecule has 1 aromatic carbocycles. The Bertz CT molecular complexity index is 652. The maximum Gasteiger partial charge on any atom is 0.225 e. The summed E-state index contributed by atoms with van der Waals surface area (Å²) in [6, 6.07) is 7.99. The van der Waals surface area contributed by atoms with E-state index in [4.69, 9.17) is 0 Å². The molecular formula is C16H19BrN4O. The molecule has 116 valence electrons. The van der Waals surface area contributed by atoms with Crippen molar-refractivity contribution in [1.82, 2.24) is 20.4 Å². The topological polar surface area (TPSA) is 59.0 Å². The lowest BCUT2D eigenvalue weighted by Gasteiger charge is -2.17. The van der Waals surface area contributed by atoms with E-state index in [2.05, 4.69) is 31.7 Å². The Morgan fingerprint density at radius 2 is 2.18 bits per heavy atom. The number of rotatable bonds is 4. The summed E-state index contributed by atoms with van der Waals surface area (Å²) in [4.78, 5) is 12.5. The minimum atomic E-state index is -0.0420. The predicted octanol–water partition coefficient (Wildman–Crippen LogP) is 1.80. The second-order valence-electron chi connectivity index (χ2n) is 5.66. The number of carbonyl (C=O) groups is 1. The van der Waals surface area contributed by atoms with Crippen LogP contribution in [0.4, 0.5) is 0 Å². The van der Waals surface area contributed by atoms with Crippen molar-refractivity contribution >= 4 is 21.8 Å². The average Bonchev–Trinajstić information content (AvgIpc) is 3.14. The maximum absolute atomic E-state index is 12.5. The van der Waals surface area contributed by atoms with Crippen molar-refractivity contribution in [2.45, 2.75) is 12.5 Å². The molecule has 22 heavy (non-hydrogen) atoms.